The van der Waals surface area contributed by atoms with Crippen molar-refractivity contribution in [2.24, 2.45) is 0 Å². The van der Waals surface area contributed by atoms with Gasteiger partial charge in [0.05, 0.1) is 12.7 Å². The molecule has 7 heteroatoms. The Kier molecular flexibility index (Phi) is 4.52. The van der Waals surface area contributed by atoms with Gasteiger partial charge in [-0.2, -0.15) is 9.36 Å². The van der Waals surface area contributed by atoms with Crippen LogP contribution >= 0.6 is 11.5 Å². The zero-order valence-corrected chi connectivity index (χ0v) is 11.9. The van der Waals surface area contributed by atoms with Gasteiger partial charge in [0.15, 0.2) is 11.5 Å². The number of methoxy groups -OCH3 is 1. The van der Waals surface area contributed by atoms with Crippen LogP contribution < -0.4 is 9.47 Å². The zero-order chi connectivity index (χ0) is 14.5. The number of carbonyl (C=O) groups is 1. The molecule has 1 N–H and O–H groups in total. The van der Waals surface area contributed by atoms with Gasteiger partial charge in [-0.25, -0.2) is 4.79 Å². The molecule has 0 atom stereocenters. The van der Waals surface area contributed by atoms with E-state index in [0.717, 1.165) is 30.2 Å². The molecular formula is C13H14N2O4S. The van der Waals surface area contributed by atoms with Crippen LogP contribution in [-0.4, -0.2) is 27.5 Å². The summed E-state index contributed by atoms with van der Waals surface area (Å²) in [5.41, 5.74) is 0.137. The molecule has 1 aromatic heterocycles. The van der Waals surface area contributed by atoms with Crippen LogP contribution in [0, 0.1) is 0 Å². The first-order chi connectivity index (χ1) is 9.63. The Morgan fingerprint density at radius 1 is 1.40 bits per heavy atom. The monoisotopic (exact) mass is 294 g/mol. The van der Waals surface area contributed by atoms with Crippen molar-refractivity contribution in [2.75, 3.05) is 7.11 Å². The van der Waals surface area contributed by atoms with E-state index in [0.29, 0.717) is 16.7 Å². The number of hydrogen-bond donors (Lipinski definition) is 1. The summed E-state index contributed by atoms with van der Waals surface area (Å²) in [6.45, 7) is 2.05. The summed E-state index contributed by atoms with van der Waals surface area (Å²) in [6.07, 6.45) is 1.77. The first-order valence-electron chi connectivity index (χ1n) is 6.05. The topological polar surface area (TPSA) is 81.5 Å². The third kappa shape index (κ3) is 3.24. The molecule has 1 heterocycles. The molecule has 0 aliphatic carbocycles. The third-order valence-electron chi connectivity index (χ3n) is 2.53. The lowest BCUT2D eigenvalue weighted by molar-refractivity contribution is 0.0696. The fraction of sp³-hybridized carbons (Fsp3) is 0.308. The molecule has 0 radical (unpaired) electrons. The van der Waals surface area contributed by atoms with Crippen molar-refractivity contribution >= 4 is 17.5 Å². The maximum Gasteiger partial charge on any atom is 0.335 e. The van der Waals surface area contributed by atoms with E-state index in [-0.39, 0.29) is 5.56 Å². The van der Waals surface area contributed by atoms with Crippen molar-refractivity contribution in [3.05, 3.63) is 29.6 Å². The molecule has 1 aromatic carbocycles. The van der Waals surface area contributed by atoms with Gasteiger partial charge in [-0.15, -0.1) is 0 Å². The van der Waals surface area contributed by atoms with Gasteiger partial charge < -0.3 is 14.6 Å². The number of benzene rings is 1. The smallest absolute Gasteiger partial charge is 0.335 e. The van der Waals surface area contributed by atoms with E-state index in [9.17, 15) is 4.79 Å². The lowest BCUT2D eigenvalue weighted by atomic mass is 10.2. The summed E-state index contributed by atoms with van der Waals surface area (Å²) in [6, 6.07) is 4.41. The number of aromatic nitrogens is 2. The van der Waals surface area contributed by atoms with Crippen molar-refractivity contribution in [1.29, 1.82) is 0 Å². The van der Waals surface area contributed by atoms with Crippen LogP contribution in [0.3, 0.4) is 0 Å². The normalized spacial score (nSPS) is 10.3. The van der Waals surface area contributed by atoms with Crippen LogP contribution in [0.15, 0.2) is 18.2 Å². The molecule has 0 saturated heterocycles. The molecule has 20 heavy (non-hydrogen) atoms. The van der Waals surface area contributed by atoms with E-state index in [1.165, 1.54) is 19.2 Å². The second-order valence-corrected chi connectivity index (χ2v) is 4.71. The standard InChI is InChI=1S/C13H14N2O4S/c1-3-4-11-14-13(20-15-11)19-9-6-5-8(12(16)17)7-10(9)18-2/h5-7H,3-4H2,1-2H3,(H,16,17). The predicted octanol–water partition coefficient (Wildman–Crippen LogP) is 2.99. The Labute approximate surface area is 120 Å². The Morgan fingerprint density at radius 2 is 2.20 bits per heavy atom. The number of hydrogen-bond acceptors (Lipinski definition) is 6. The lowest BCUT2D eigenvalue weighted by Gasteiger charge is -2.08. The van der Waals surface area contributed by atoms with Crippen molar-refractivity contribution in [3.63, 3.8) is 0 Å². The molecular weight excluding hydrogens is 280 g/mol. The predicted molar refractivity (Wildman–Crippen MR) is 73.9 cm³/mol. The number of nitrogens with zero attached hydrogens (tertiary/aromatic N) is 2. The number of carboxylic acids is 1. The summed E-state index contributed by atoms with van der Waals surface area (Å²) in [7, 11) is 1.45. The molecule has 0 bridgehead atoms. The van der Waals surface area contributed by atoms with E-state index < -0.39 is 5.97 Å². The van der Waals surface area contributed by atoms with E-state index >= 15 is 0 Å². The quantitative estimate of drug-likeness (QED) is 0.882. The van der Waals surface area contributed by atoms with Crippen LogP contribution in [0.4, 0.5) is 0 Å². The summed E-state index contributed by atoms with van der Waals surface area (Å²) in [5, 5.41) is 9.34. The van der Waals surface area contributed by atoms with Crippen LogP contribution in [0.2, 0.25) is 0 Å². The summed E-state index contributed by atoms with van der Waals surface area (Å²) >= 11 is 1.16. The maximum atomic E-state index is 10.9. The summed E-state index contributed by atoms with van der Waals surface area (Å²) in [4.78, 5) is 15.1. The Morgan fingerprint density at radius 3 is 2.85 bits per heavy atom. The average molecular weight is 294 g/mol. The van der Waals surface area contributed by atoms with Gasteiger partial charge in [0.1, 0.15) is 5.82 Å². The highest BCUT2D eigenvalue weighted by Crippen LogP contribution is 2.33. The lowest BCUT2D eigenvalue weighted by Crippen LogP contribution is -1.98. The number of rotatable bonds is 6. The highest BCUT2D eigenvalue weighted by molar-refractivity contribution is 7.07. The number of aromatic carboxylic acids is 1. The van der Waals surface area contributed by atoms with Crippen LogP contribution in [0.25, 0.3) is 0 Å². The minimum atomic E-state index is -1.02. The van der Waals surface area contributed by atoms with Crippen molar-refractivity contribution < 1.29 is 19.4 Å². The van der Waals surface area contributed by atoms with E-state index in [4.69, 9.17) is 14.6 Å². The molecule has 0 unspecified atom stereocenters. The van der Waals surface area contributed by atoms with Crippen molar-refractivity contribution in [3.8, 4) is 16.7 Å². The second kappa shape index (κ2) is 6.33. The van der Waals surface area contributed by atoms with Gasteiger partial charge in [0.25, 0.3) is 5.19 Å². The molecule has 0 fully saturated rings. The van der Waals surface area contributed by atoms with Crippen molar-refractivity contribution in [1.82, 2.24) is 9.36 Å². The first-order valence-corrected chi connectivity index (χ1v) is 6.83. The van der Waals surface area contributed by atoms with Gasteiger partial charge >= 0.3 is 5.97 Å². The molecule has 0 spiro atoms. The average Bonchev–Trinajstić information content (AvgIpc) is 2.87. The number of ether oxygens (including phenoxy) is 2. The fourth-order valence-electron chi connectivity index (χ4n) is 1.58. The minimum Gasteiger partial charge on any atom is -0.493 e. The van der Waals surface area contributed by atoms with Crippen LogP contribution in [0.5, 0.6) is 16.7 Å². The highest BCUT2D eigenvalue weighted by atomic mass is 32.1. The SMILES string of the molecule is CCCc1nsc(Oc2ccc(C(=O)O)cc2OC)n1. The Hall–Kier alpha value is -2.15. The number of carboxylic acid groups (broad SMARTS) is 1. The van der Waals surface area contributed by atoms with Crippen LogP contribution in [-0.2, 0) is 6.42 Å². The molecule has 106 valence electrons. The maximum absolute atomic E-state index is 10.9. The summed E-state index contributed by atoms with van der Waals surface area (Å²) < 4.78 is 14.9. The second-order valence-electron chi connectivity index (χ2n) is 4.00. The van der Waals surface area contributed by atoms with Gasteiger partial charge in [-0.1, -0.05) is 6.92 Å². The molecule has 0 saturated carbocycles. The number of aryl methyl sites for hydroxylation is 1. The molecule has 2 aromatic rings. The largest absolute Gasteiger partial charge is 0.493 e. The first kappa shape index (κ1) is 14.3. The van der Waals surface area contributed by atoms with Crippen LogP contribution in [0.1, 0.15) is 29.5 Å². The molecule has 2 rings (SSSR count). The molecule has 0 aliphatic rings. The van der Waals surface area contributed by atoms with Gasteiger partial charge in [0, 0.05) is 18.0 Å². The van der Waals surface area contributed by atoms with Gasteiger partial charge in [-0.3, -0.25) is 0 Å². The van der Waals surface area contributed by atoms with E-state index in [1.54, 1.807) is 6.07 Å². The zero-order valence-electron chi connectivity index (χ0n) is 11.1. The van der Waals surface area contributed by atoms with E-state index in [2.05, 4.69) is 16.3 Å². The summed E-state index contributed by atoms with van der Waals surface area (Å²) in [5.74, 6) is 0.485. The fourth-order valence-corrected chi connectivity index (χ4v) is 2.17. The third-order valence-corrected chi connectivity index (χ3v) is 3.16. The highest BCUT2D eigenvalue weighted by Gasteiger charge is 2.13. The van der Waals surface area contributed by atoms with Gasteiger partial charge in [0.2, 0.25) is 0 Å². The van der Waals surface area contributed by atoms with Crippen molar-refractivity contribution in [2.45, 2.75) is 19.8 Å². The minimum absolute atomic E-state index is 0.137. The van der Waals surface area contributed by atoms with E-state index in [1.807, 2.05) is 0 Å². The molecule has 6 nitrogen and oxygen atoms in total. The molecule has 0 amide bonds. The Bertz CT molecular complexity index is 612. The Balaban J connectivity index is 2.21. The molecule has 0 aliphatic heterocycles. The van der Waals surface area contributed by atoms with Gasteiger partial charge in [-0.05, 0) is 24.6 Å².